The summed E-state index contributed by atoms with van der Waals surface area (Å²) >= 11 is 0. The molecule has 0 saturated carbocycles. The van der Waals surface area contributed by atoms with Crippen LogP contribution in [0.15, 0.2) is 35.2 Å². The van der Waals surface area contributed by atoms with E-state index in [1.165, 1.54) is 12.4 Å². The molecule has 0 aliphatic carbocycles. The minimum Gasteiger partial charge on any atom is -0.445 e. The number of carbonyl (C=O) groups is 1. The fraction of sp³-hybridized carbons (Fsp3) is 0.250. The van der Waals surface area contributed by atoms with Crippen molar-refractivity contribution < 1.29 is 27.2 Å². The highest BCUT2D eigenvalue weighted by Crippen LogP contribution is 2.28. The Bertz CT molecular complexity index is 942. The third-order valence-corrected chi connectivity index (χ3v) is 3.35. The quantitative estimate of drug-likeness (QED) is 0.702. The number of pyridine rings is 1. The molecule has 146 valence electrons. The zero-order chi connectivity index (χ0) is 20.1. The molecule has 12 heteroatoms. The summed E-state index contributed by atoms with van der Waals surface area (Å²) in [4.78, 5) is 26.7. The number of hydrogen-bond donors (Lipinski definition) is 1. The lowest BCUT2D eigenvalue weighted by Gasteiger charge is -2.07. The number of halogens is 3. The predicted octanol–water partition coefficient (Wildman–Crippen LogP) is 2.68. The fourth-order valence-corrected chi connectivity index (χ4v) is 1.95. The summed E-state index contributed by atoms with van der Waals surface area (Å²) in [6.45, 7) is 1.97. The van der Waals surface area contributed by atoms with E-state index in [9.17, 15) is 18.0 Å². The zero-order valence-electron chi connectivity index (χ0n) is 14.4. The number of alkyl carbamates (subject to hydrolysis) is 1. The molecular weight excluding hydrogens is 381 g/mol. The smallest absolute Gasteiger partial charge is 0.445 e. The number of nitrogens with zero attached hydrogens (tertiary/aromatic N) is 5. The Labute approximate surface area is 156 Å². The lowest BCUT2D eigenvalue weighted by atomic mass is 10.3. The second-order valence-electron chi connectivity index (χ2n) is 5.57. The van der Waals surface area contributed by atoms with Crippen LogP contribution in [0.25, 0.3) is 11.6 Å². The number of aryl methyl sites for hydroxylation is 1. The molecule has 3 rings (SSSR count). The number of nitrogens with one attached hydrogen (secondary N) is 1. The van der Waals surface area contributed by atoms with E-state index >= 15 is 0 Å². The standard InChI is InChI=1S/C16H13F3N6O3/c1-9-2-3-10(4-20-9)8-27-15(26)23-7-11-5-21-12(22-6-11)13-24-14(28-25-13)16(17,18)19/h2-6H,7-8H2,1H3,(H,23,26). The summed E-state index contributed by atoms with van der Waals surface area (Å²) in [5, 5.41) is 5.69. The molecule has 1 amide bonds. The van der Waals surface area contributed by atoms with Gasteiger partial charge in [-0.05, 0) is 13.0 Å². The van der Waals surface area contributed by atoms with Gasteiger partial charge in [-0.2, -0.15) is 18.2 Å². The maximum atomic E-state index is 12.5. The molecule has 0 radical (unpaired) electrons. The van der Waals surface area contributed by atoms with Crippen molar-refractivity contribution in [3.63, 3.8) is 0 Å². The first-order valence-corrected chi connectivity index (χ1v) is 7.85. The van der Waals surface area contributed by atoms with Gasteiger partial charge in [-0.3, -0.25) is 4.98 Å². The molecule has 0 fully saturated rings. The van der Waals surface area contributed by atoms with Gasteiger partial charge in [0, 0.05) is 42.0 Å². The van der Waals surface area contributed by atoms with E-state index in [0.717, 1.165) is 11.3 Å². The van der Waals surface area contributed by atoms with Crippen molar-refractivity contribution in [3.8, 4) is 11.6 Å². The fourth-order valence-electron chi connectivity index (χ4n) is 1.95. The third-order valence-electron chi connectivity index (χ3n) is 3.35. The van der Waals surface area contributed by atoms with E-state index in [1.807, 2.05) is 6.92 Å². The molecule has 0 saturated heterocycles. The molecular formula is C16H13F3N6O3. The lowest BCUT2D eigenvalue weighted by molar-refractivity contribution is -0.159. The van der Waals surface area contributed by atoms with Gasteiger partial charge >= 0.3 is 18.2 Å². The largest absolute Gasteiger partial charge is 0.471 e. The summed E-state index contributed by atoms with van der Waals surface area (Å²) in [6.07, 6.45) is -1.16. The molecule has 3 aromatic heterocycles. The van der Waals surface area contributed by atoms with Gasteiger partial charge in [0.1, 0.15) is 6.61 Å². The van der Waals surface area contributed by atoms with E-state index in [4.69, 9.17) is 4.74 Å². The van der Waals surface area contributed by atoms with Crippen molar-refractivity contribution in [1.82, 2.24) is 30.4 Å². The van der Waals surface area contributed by atoms with Crippen molar-refractivity contribution in [2.24, 2.45) is 0 Å². The van der Waals surface area contributed by atoms with Gasteiger partial charge in [-0.15, -0.1) is 0 Å². The van der Waals surface area contributed by atoms with Crippen LogP contribution in [-0.4, -0.2) is 31.2 Å². The van der Waals surface area contributed by atoms with Crippen LogP contribution in [0, 0.1) is 6.92 Å². The van der Waals surface area contributed by atoms with E-state index in [0.29, 0.717) is 5.56 Å². The van der Waals surface area contributed by atoms with E-state index < -0.39 is 24.0 Å². The number of ether oxygens (including phenoxy) is 1. The Balaban J connectivity index is 1.50. The highest BCUT2D eigenvalue weighted by atomic mass is 19.4. The molecule has 0 aromatic carbocycles. The maximum Gasteiger partial charge on any atom is 0.471 e. The molecule has 28 heavy (non-hydrogen) atoms. The van der Waals surface area contributed by atoms with E-state index in [1.54, 1.807) is 18.3 Å². The third kappa shape index (κ3) is 4.99. The Morgan fingerprint density at radius 2 is 1.82 bits per heavy atom. The molecule has 3 aromatic rings. The molecule has 0 spiro atoms. The topological polar surface area (TPSA) is 116 Å². The van der Waals surface area contributed by atoms with Crippen LogP contribution in [0.4, 0.5) is 18.0 Å². The highest BCUT2D eigenvalue weighted by molar-refractivity contribution is 5.67. The number of amides is 1. The normalized spacial score (nSPS) is 11.3. The number of hydrogen-bond acceptors (Lipinski definition) is 8. The molecule has 0 aliphatic heterocycles. The van der Waals surface area contributed by atoms with Crippen LogP contribution < -0.4 is 5.32 Å². The Morgan fingerprint density at radius 1 is 1.11 bits per heavy atom. The van der Waals surface area contributed by atoms with Crippen LogP contribution in [0.5, 0.6) is 0 Å². The summed E-state index contributed by atoms with van der Waals surface area (Å²) in [5.74, 6) is -2.02. The minimum absolute atomic E-state index is 0.0608. The van der Waals surface area contributed by atoms with Crippen molar-refractivity contribution >= 4 is 6.09 Å². The second-order valence-corrected chi connectivity index (χ2v) is 5.57. The first kappa shape index (κ1) is 19.2. The number of aromatic nitrogens is 5. The summed E-state index contributed by atoms with van der Waals surface area (Å²) in [6, 6.07) is 3.60. The van der Waals surface area contributed by atoms with E-state index in [2.05, 4.69) is 34.9 Å². The molecule has 9 nitrogen and oxygen atoms in total. The average Bonchev–Trinajstić information content (AvgIpc) is 3.17. The van der Waals surface area contributed by atoms with Crippen LogP contribution in [0.2, 0.25) is 0 Å². The lowest BCUT2D eigenvalue weighted by Crippen LogP contribution is -2.23. The van der Waals surface area contributed by atoms with Gasteiger partial charge < -0.3 is 14.6 Å². The van der Waals surface area contributed by atoms with Crippen LogP contribution in [0.3, 0.4) is 0 Å². The van der Waals surface area contributed by atoms with Crippen molar-refractivity contribution in [2.75, 3.05) is 0 Å². The Hall–Kier alpha value is -3.57. The molecule has 0 unspecified atom stereocenters. The van der Waals surface area contributed by atoms with Crippen molar-refractivity contribution in [3.05, 3.63) is 53.4 Å². The Kier molecular flexibility index (Phi) is 5.47. The van der Waals surface area contributed by atoms with Crippen molar-refractivity contribution in [1.29, 1.82) is 0 Å². The van der Waals surface area contributed by atoms with Gasteiger partial charge in [0.2, 0.25) is 11.6 Å². The molecule has 0 aliphatic rings. The first-order valence-electron chi connectivity index (χ1n) is 7.85. The molecule has 0 bridgehead atoms. The zero-order valence-corrected chi connectivity index (χ0v) is 14.4. The number of rotatable bonds is 5. The average molecular weight is 394 g/mol. The highest BCUT2D eigenvalue weighted by Gasteiger charge is 2.38. The Morgan fingerprint density at radius 3 is 2.43 bits per heavy atom. The summed E-state index contributed by atoms with van der Waals surface area (Å²) in [5.41, 5.74) is 2.09. The van der Waals surface area contributed by atoms with Gasteiger partial charge in [0.25, 0.3) is 0 Å². The van der Waals surface area contributed by atoms with Crippen LogP contribution in [-0.2, 0) is 24.1 Å². The number of alkyl halides is 3. The van der Waals surface area contributed by atoms with Gasteiger partial charge in [0.05, 0.1) is 0 Å². The van der Waals surface area contributed by atoms with Gasteiger partial charge in [-0.25, -0.2) is 14.8 Å². The minimum atomic E-state index is -4.75. The van der Waals surface area contributed by atoms with Crippen LogP contribution in [0.1, 0.15) is 22.7 Å². The first-order chi connectivity index (χ1) is 13.3. The number of carbonyl (C=O) groups excluding carboxylic acids is 1. The van der Waals surface area contributed by atoms with Gasteiger partial charge in [0.15, 0.2) is 0 Å². The monoisotopic (exact) mass is 394 g/mol. The van der Waals surface area contributed by atoms with Crippen LogP contribution >= 0.6 is 0 Å². The SMILES string of the molecule is Cc1ccc(COC(=O)NCc2cnc(-c3noc(C(F)(F)F)n3)nc2)cn1. The molecule has 1 N–H and O–H groups in total. The maximum absolute atomic E-state index is 12.5. The second kappa shape index (κ2) is 7.98. The summed E-state index contributed by atoms with van der Waals surface area (Å²) in [7, 11) is 0. The predicted molar refractivity (Wildman–Crippen MR) is 86.3 cm³/mol. The summed E-state index contributed by atoms with van der Waals surface area (Å²) < 4.78 is 46.5. The van der Waals surface area contributed by atoms with E-state index in [-0.39, 0.29) is 19.0 Å². The van der Waals surface area contributed by atoms with Gasteiger partial charge in [-0.1, -0.05) is 11.2 Å². The van der Waals surface area contributed by atoms with Crippen molar-refractivity contribution in [2.45, 2.75) is 26.3 Å². The molecule has 3 heterocycles. The molecule has 0 atom stereocenters.